The van der Waals surface area contributed by atoms with Gasteiger partial charge in [0.05, 0.1) is 5.52 Å². The van der Waals surface area contributed by atoms with Gasteiger partial charge in [0.2, 0.25) is 0 Å². The number of aromatic nitrogens is 1. The number of aromatic amines is 1. The van der Waals surface area contributed by atoms with Crippen molar-refractivity contribution in [3.63, 3.8) is 0 Å². The number of hydrogen-bond acceptors (Lipinski definition) is 0. The average molecular weight is 236 g/mol. The summed E-state index contributed by atoms with van der Waals surface area (Å²) in [7, 11) is 0. The molecule has 0 saturated heterocycles. The van der Waals surface area contributed by atoms with Crippen molar-refractivity contribution >= 4 is 26.8 Å². The second-order valence-electron chi connectivity index (χ2n) is 3.68. The number of rotatable bonds is 1. The normalized spacial score (nSPS) is 16.7. The highest BCUT2D eigenvalue weighted by atomic mass is 79.9. The fraction of sp³-hybridized carbons (Fsp3) is 0.273. The summed E-state index contributed by atoms with van der Waals surface area (Å²) in [5, 5.41) is 1.39. The highest BCUT2D eigenvalue weighted by Crippen LogP contribution is 2.43. The van der Waals surface area contributed by atoms with Gasteiger partial charge in [0.25, 0.3) is 0 Å². The molecule has 0 radical (unpaired) electrons. The quantitative estimate of drug-likeness (QED) is 0.774. The van der Waals surface area contributed by atoms with Crippen LogP contribution in [-0.4, -0.2) is 4.98 Å². The molecule has 0 aliphatic heterocycles. The van der Waals surface area contributed by atoms with E-state index in [-0.39, 0.29) is 0 Å². The zero-order chi connectivity index (χ0) is 8.84. The first-order chi connectivity index (χ1) is 6.36. The third-order valence-corrected chi connectivity index (χ3v) is 3.38. The predicted molar refractivity (Wildman–Crippen MR) is 58.0 cm³/mol. The van der Waals surface area contributed by atoms with Crippen LogP contribution in [0.15, 0.2) is 28.9 Å². The zero-order valence-corrected chi connectivity index (χ0v) is 8.76. The molecule has 0 unspecified atom stereocenters. The number of H-pyrrole nitrogens is 1. The van der Waals surface area contributed by atoms with Crippen LogP contribution < -0.4 is 0 Å². The Balaban J connectivity index is 2.34. The van der Waals surface area contributed by atoms with Gasteiger partial charge in [-0.3, -0.25) is 0 Å². The second-order valence-corrected chi connectivity index (χ2v) is 4.53. The second kappa shape index (κ2) is 2.61. The third-order valence-electron chi connectivity index (χ3n) is 2.72. The van der Waals surface area contributed by atoms with Gasteiger partial charge in [0, 0.05) is 16.1 Å². The van der Waals surface area contributed by atoms with Gasteiger partial charge in [-0.1, -0.05) is 6.07 Å². The summed E-state index contributed by atoms with van der Waals surface area (Å²) in [5.74, 6) is 0.825. The van der Waals surface area contributed by atoms with Crippen molar-refractivity contribution in [1.82, 2.24) is 4.98 Å². The number of nitrogens with one attached hydrogen (secondary N) is 1. The summed E-state index contributed by atoms with van der Waals surface area (Å²) in [5.41, 5.74) is 2.75. The maximum absolute atomic E-state index is 3.55. The Hall–Kier alpha value is -0.760. The number of halogens is 1. The lowest BCUT2D eigenvalue weighted by atomic mass is 10.1. The molecule has 1 nitrogen and oxygen atoms in total. The van der Waals surface area contributed by atoms with Gasteiger partial charge >= 0.3 is 0 Å². The molecule has 1 saturated carbocycles. The highest BCUT2D eigenvalue weighted by molar-refractivity contribution is 9.10. The summed E-state index contributed by atoms with van der Waals surface area (Å²) in [4.78, 5) is 3.26. The van der Waals surface area contributed by atoms with Crippen molar-refractivity contribution in [2.24, 2.45) is 0 Å². The third kappa shape index (κ3) is 1.12. The molecule has 0 amide bonds. The smallest absolute Gasteiger partial charge is 0.0601 e. The maximum Gasteiger partial charge on any atom is 0.0601 e. The monoisotopic (exact) mass is 235 g/mol. The molecule has 1 aromatic carbocycles. The number of fused-ring (bicyclic) bond motifs is 1. The standard InChI is InChI=1S/C11H10BrN/c12-10-4-3-8(7-1-2-7)9-5-6-13-11(9)10/h3-7,13H,1-2H2. The lowest BCUT2D eigenvalue weighted by Gasteiger charge is -2.01. The molecule has 0 bridgehead atoms. The summed E-state index contributed by atoms with van der Waals surface area (Å²) < 4.78 is 1.16. The molecule has 0 spiro atoms. The van der Waals surface area contributed by atoms with Crippen LogP contribution in [0.25, 0.3) is 10.9 Å². The maximum atomic E-state index is 3.55. The topological polar surface area (TPSA) is 15.8 Å². The van der Waals surface area contributed by atoms with Crippen LogP contribution in [0.1, 0.15) is 24.3 Å². The van der Waals surface area contributed by atoms with E-state index in [2.05, 4.69) is 39.1 Å². The van der Waals surface area contributed by atoms with Gasteiger partial charge in [-0.2, -0.15) is 0 Å². The zero-order valence-electron chi connectivity index (χ0n) is 7.18. The van der Waals surface area contributed by atoms with Gasteiger partial charge < -0.3 is 4.98 Å². The Kier molecular flexibility index (Phi) is 1.53. The van der Waals surface area contributed by atoms with Crippen molar-refractivity contribution in [3.05, 3.63) is 34.4 Å². The molecule has 1 fully saturated rings. The fourth-order valence-electron chi connectivity index (χ4n) is 1.89. The molecule has 66 valence electrons. The highest BCUT2D eigenvalue weighted by Gasteiger charge is 2.25. The lowest BCUT2D eigenvalue weighted by Crippen LogP contribution is -1.81. The van der Waals surface area contributed by atoms with Crippen molar-refractivity contribution < 1.29 is 0 Å². The van der Waals surface area contributed by atoms with Crippen molar-refractivity contribution in [1.29, 1.82) is 0 Å². The molecule has 3 rings (SSSR count). The number of benzene rings is 1. The Labute approximate surface area is 85.3 Å². The molecule has 0 atom stereocenters. The molecule has 1 N–H and O–H groups in total. The minimum absolute atomic E-state index is 0.825. The summed E-state index contributed by atoms with van der Waals surface area (Å²) >= 11 is 3.55. The van der Waals surface area contributed by atoms with E-state index >= 15 is 0 Å². The lowest BCUT2D eigenvalue weighted by molar-refractivity contribution is 1.15. The van der Waals surface area contributed by atoms with Gasteiger partial charge in [0.1, 0.15) is 0 Å². The van der Waals surface area contributed by atoms with Crippen LogP contribution in [0, 0.1) is 0 Å². The van der Waals surface area contributed by atoms with E-state index in [1.165, 1.54) is 29.3 Å². The molecule has 13 heavy (non-hydrogen) atoms. The van der Waals surface area contributed by atoms with E-state index in [0.29, 0.717) is 0 Å². The molecule has 2 heteroatoms. The fourth-order valence-corrected chi connectivity index (χ4v) is 2.35. The summed E-state index contributed by atoms with van der Waals surface area (Å²) in [6, 6.07) is 6.57. The molecular formula is C11H10BrN. The van der Waals surface area contributed by atoms with E-state index < -0.39 is 0 Å². The largest absolute Gasteiger partial charge is 0.360 e. The molecule has 1 aliphatic rings. The first-order valence-corrected chi connectivity index (χ1v) is 5.41. The van der Waals surface area contributed by atoms with Crippen LogP contribution in [0.5, 0.6) is 0 Å². The van der Waals surface area contributed by atoms with Crippen molar-refractivity contribution in [2.75, 3.05) is 0 Å². The Morgan fingerprint density at radius 1 is 1.23 bits per heavy atom. The molecule has 1 heterocycles. The minimum atomic E-state index is 0.825. The molecule has 1 aromatic heterocycles. The van der Waals surface area contributed by atoms with Crippen molar-refractivity contribution in [2.45, 2.75) is 18.8 Å². The van der Waals surface area contributed by atoms with Gasteiger partial charge in [-0.05, 0) is 52.4 Å². The van der Waals surface area contributed by atoms with Crippen molar-refractivity contribution in [3.8, 4) is 0 Å². The van der Waals surface area contributed by atoms with E-state index in [1.54, 1.807) is 0 Å². The first-order valence-electron chi connectivity index (χ1n) is 4.62. The molecule has 1 aliphatic carbocycles. The summed E-state index contributed by atoms with van der Waals surface area (Å²) in [6.45, 7) is 0. The molecular weight excluding hydrogens is 226 g/mol. The first kappa shape index (κ1) is 7.63. The average Bonchev–Trinajstić information content (AvgIpc) is 2.83. The SMILES string of the molecule is Brc1ccc(C2CC2)c2cc[nH]c12. The van der Waals surface area contributed by atoms with Gasteiger partial charge in [-0.25, -0.2) is 0 Å². The van der Waals surface area contributed by atoms with E-state index in [9.17, 15) is 0 Å². The number of hydrogen-bond donors (Lipinski definition) is 1. The van der Waals surface area contributed by atoms with Crippen LogP contribution in [0.4, 0.5) is 0 Å². The Morgan fingerprint density at radius 3 is 2.85 bits per heavy atom. The van der Waals surface area contributed by atoms with Crippen LogP contribution in [0.3, 0.4) is 0 Å². The summed E-state index contributed by atoms with van der Waals surface area (Å²) in [6.07, 6.45) is 4.74. The van der Waals surface area contributed by atoms with Gasteiger partial charge in [0.15, 0.2) is 0 Å². The minimum Gasteiger partial charge on any atom is -0.360 e. The van der Waals surface area contributed by atoms with Crippen LogP contribution in [0.2, 0.25) is 0 Å². The predicted octanol–water partition coefficient (Wildman–Crippen LogP) is 3.81. The van der Waals surface area contributed by atoms with Crippen LogP contribution in [-0.2, 0) is 0 Å². The van der Waals surface area contributed by atoms with E-state index in [1.807, 2.05) is 6.20 Å². The van der Waals surface area contributed by atoms with Crippen LogP contribution >= 0.6 is 15.9 Å². The van der Waals surface area contributed by atoms with Gasteiger partial charge in [-0.15, -0.1) is 0 Å². The molecule has 2 aromatic rings. The Bertz CT molecular complexity index is 454. The Morgan fingerprint density at radius 2 is 2.08 bits per heavy atom. The van der Waals surface area contributed by atoms with E-state index in [0.717, 1.165) is 10.4 Å². The van der Waals surface area contributed by atoms with E-state index in [4.69, 9.17) is 0 Å².